The van der Waals surface area contributed by atoms with Crippen molar-refractivity contribution < 1.29 is 0 Å². The molecular formula is C27H26N8. The van der Waals surface area contributed by atoms with Crippen LogP contribution in [-0.4, -0.2) is 67.8 Å². The monoisotopic (exact) mass is 462 g/mol. The van der Waals surface area contributed by atoms with Crippen molar-refractivity contribution in [3.63, 3.8) is 0 Å². The summed E-state index contributed by atoms with van der Waals surface area (Å²) < 4.78 is 0. The Hall–Kier alpha value is -4.17. The Morgan fingerprint density at radius 1 is 0.829 bits per heavy atom. The van der Waals surface area contributed by atoms with E-state index in [9.17, 15) is 0 Å². The number of piperazine rings is 1. The van der Waals surface area contributed by atoms with Crippen LogP contribution >= 0.6 is 0 Å². The number of benzene rings is 3. The Morgan fingerprint density at radius 3 is 2.51 bits per heavy atom. The van der Waals surface area contributed by atoms with Crippen LogP contribution in [0.15, 0.2) is 60.7 Å². The maximum atomic E-state index is 4.90. The maximum absolute atomic E-state index is 4.90. The third kappa shape index (κ3) is 3.29. The fraction of sp³-hybridized carbons (Fsp3) is 0.222. The molecule has 8 heteroatoms. The van der Waals surface area contributed by atoms with E-state index in [1.807, 2.05) is 36.4 Å². The molecule has 0 radical (unpaired) electrons. The summed E-state index contributed by atoms with van der Waals surface area (Å²) in [6, 6.07) is 21.2. The summed E-state index contributed by atoms with van der Waals surface area (Å²) in [6.45, 7) is 5.44. The van der Waals surface area contributed by atoms with E-state index in [0.29, 0.717) is 6.04 Å². The van der Waals surface area contributed by atoms with Crippen molar-refractivity contribution in [2.24, 2.45) is 0 Å². The topological polar surface area (TPSA) is 92.5 Å². The number of hydrogen-bond donors (Lipinski definition) is 3. The van der Waals surface area contributed by atoms with E-state index in [1.54, 1.807) is 0 Å². The molecule has 1 aliphatic heterocycles. The predicted octanol–water partition coefficient (Wildman–Crippen LogP) is 4.79. The lowest BCUT2D eigenvalue weighted by Crippen LogP contribution is -2.50. The van der Waals surface area contributed by atoms with Crippen molar-refractivity contribution in [2.45, 2.75) is 13.0 Å². The second-order valence-corrected chi connectivity index (χ2v) is 9.49. The van der Waals surface area contributed by atoms with Crippen LogP contribution in [-0.2, 0) is 0 Å². The van der Waals surface area contributed by atoms with Crippen molar-refractivity contribution in [3.8, 4) is 22.9 Å². The first kappa shape index (κ1) is 20.2. The molecule has 35 heavy (non-hydrogen) atoms. The van der Waals surface area contributed by atoms with Gasteiger partial charge in [0.25, 0.3) is 0 Å². The predicted molar refractivity (Wildman–Crippen MR) is 141 cm³/mol. The van der Waals surface area contributed by atoms with Gasteiger partial charge in [-0.2, -0.15) is 5.10 Å². The molecule has 1 aliphatic rings. The molecule has 1 atom stereocenters. The van der Waals surface area contributed by atoms with Crippen LogP contribution < -0.4 is 4.90 Å². The second-order valence-electron chi connectivity index (χ2n) is 9.49. The van der Waals surface area contributed by atoms with Gasteiger partial charge in [-0.15, -0.1) is 0 Å². The maximum Gasteiger partial charge on any atom is 0.159 e. The third-order valence-corrected chi connectivity index (χ3v) is 7.09. The number of para-hydroxylation sites is 2. The molecule has 1 unspecified atom stereocenters. The van der Waals surface area contributed by atoms with Crippen LogP contribution in [0.3, 0.4) is 0 Å². The SMILES string of the molecule is CC1CN(C)CCN1c1ccc2nc(-c3n[nH]c4cccc(-c5nc6ccccc6[nH]5)c34)[nH]c2c1. The first-order valence-corrected chi connectivity index (χ1v) is 12.0. The number of anilines is 1. The first-order chi connectivity index (χ1) is 17.1. The van der Waals surface area contributed by atoms with Gasteiger partial charge >= 0.3 is 0 Å². The summed E-state index contributed by atoms with van der Waals surface area (Å²) in [5, 5.41) is 8.84. The van der Waals surface area contributed by atoms with Crippen molar-refractivity contribution in [1.82, 2.24) is 35.0 Å². The minimum atomic E-state index is 0.468. The minimum absolute atomic E-state index is 0.468. The largest absolute Gasteiger partial charge is 0.366 e. The number of H-pyrrole nitrogens is 3. The molecule has 0 amide bonds. The number of aromatic amines is 3. The Balaban J connectivity index is 1.33. The zero-order chi connectivity index (χ0) is 23.5. The average Bonchev–Trinajstić information content (AvgIpc) is 3.59. The fourth-order valence-corrected chi connectivity index (χ4v) is 5.33. The van der Waals surface area contributed by atoms with Gasteiger partial charge in [-0.05, 0) is 50.4 Å². The molecule has 1 saturated heterocycles. The van der Waals surface area contributed by atoms with Gasteiger partial charge in [-0.1, -0.05) is 24.3 Å². The highest BCUT2D eigenvalue weighted by atomic mass is 15.3. The highest BCUT2D eigenvalue weighted by Crippen LogP contribution is 2.35. The Bertz CT molecular complexity index is 1660. The summed E-state index contributed by atoms with van der Waals surface area (Å²) in [7, 11) is 2.19. The molecule has 0 aliphatic carbocycles. The Labute approximate surface area is 202 Å². The molecule has 3 aromatic heterocycles. The highest BCUT2D eigenvalue weighted by molar-refractivity contribution is 6.03. The number of hydrogen-bond acceptors (Lipinski definition) is 5. The molecule has 4 heterocycles. The minimum Gasteiger partial charge on any atom is -0.366 e. The number of fused-ring (bicyclic) bond motifs is 3. The summed E-state index contributed by atoms with van der Waals surface area (Å²) in [5.74, 6) is 1.57. The quantitative estimate of drug-likeness (QED) is 0.352. The van der Waals surface area contributed by atoms with Crippen LogP contribution in [0.5, 0.6) is 0 Å². The molecule has 6 aromatic rings. The second kappa shape index (κ2) is 7.68. The molecule has 8 nitrogen and oxygen atoms in total. The highest BCUT2D eigenvalue weighted by Gasteiger charge is 2.23. The molecule has 3 aromatic carbocycles. The van der Waals surface area contributed by atoms with Gasteiger partial charge in [0.15, 0.2) is 5.82 Å². The number of rotatable bonds is 3. The van der Waals surface area contributed by atoms with Gasteiger partial charge in [0.1, 0.15) is 11.5 Å². The number of nitrogens with zero attached hydrogens (tertiary/aromatic N) is 5. The molecule has 0 saturated carbocycles. The first-order valence-electron chi connectivity index (χ1n) is 12.0. The van der Waals surface area contributed by atoms with Gasteiger partial charge in [-0.3, -0.25) is 5.10 Å². The fourth-order valence-electron chi connectivity index (χ4n) is 5.33. The Kier molecular flexibility index (Phi) is 4.44. The van der Waals surface area contributed by atoms with Crippen molar-refractivity contribution in [2.75, 3.05) is 31.6 Å². The van der Waals surface area contributed by atoms with Gasteiger partial charge < -0.3 is 19.8 Å². The van der Waals surface area contributed by atoms with E-state index < -0.39 is 0 Å². The lowest BCUT2D eigenvalue weighted by Gasteiger charge is -2.39. The van der Waals surface area contributed by atoms with E-state index in [1.165, 1.54) is 5.69 Å². The molecule has 174 valence electrons. The van der Waals surface area contributed by atoms with Gasteiger partial charge in [0.2, 0.25) is 0 Å². The van der Waals surface area contributed by atoms with Crippen LogP contribution in [0, 0.1) is 0 Å². The standard InChI is InChI=1S/C27H26N8/c1-16-15-34(2)12-13-35(16)17-10-11-21-23(14-17)31-27(30-21)25-24-18(6-5-9-22(24)32-33-25)26-28-19-7-3-4-8-20(19)29-26/h3-11,14,16H,12-13,15H2,1-2H3,(H,28,29)(H,30,31)(H,32,33). The smallest absolute Gasteiger partial charge is 0.159 e. The molecule has 7 rings (SSSR count). The van der Waals surface area contributed by atoms with E-state index in [2.05, 4.69) is 68.2 Å². The van der Waals surface area contributed by atoms with Crippen molar-refractivity contribution in [3.05, 3.63) is 60.7 Å². The Morgan fingerprint density at radius 2 is 1.63 bits per heavy atom. The number of likely N-dealkylation sites (N-methyl/N-ethyl adjacent to an activating group) is 1. The van der Waals surface area contributed by atoms with E-state index >= 15 is 0 Å². The summed E-state index contributed by atoms with van der Waals surface area (Å²) in [6.07, 6.45) is 0. The average molecular weight is 463 g/mol. The van der Waals surface area contributed by atoms with Gasteiger partial charge in [0.05, 0.1) is 27.6 Å². The van der Waals surface area contributed by atoms with Crippen LogP contribution in [0.25, 0.3) is 55.9 Å². The summed E-state index contributed by atoms with van der Waals surface area (Å²) >= 11 is 0. The zero-order valence-corrected chi connectivity index (χ0v) is 19.7. The van der Waals surface area contributed by atoms with Gasteiger partial charge in [-0.25, -0.2) is 9.97 Å². The van der Waals surface area contributed by atoms with Crippen molar-refractivity contribution >= 4 is 38.7 Å². The molecular weight excluding hydrogens is 436 g/mol. The number of aromatic nitrogens is 6. The number of imidazole rings is 2. The lowest BCUT2D eigenvalue weighted by atomic mass is 10.1. The normalized spacial score (nSPS) is 17.2. The van der Waals surface area contributed by atoms with Gasteiger partial charge in [0, 0.05) is 42.3 Å². The summed E-state index contributed by atoms with van der Waals surface area (Å²) in [4.78, 5) is 21.6. The molecule has 0 spiro atoms. The van der Waals surface area contributed by atoms with Crippen LogP contribution in [0.2, 0.25) is 0 Å². The number of nitrogens with one attached hydrogen (secondary N) is 3. The molecule has 0 bridgehead atoms. The lowest BCUT2D eigenvalue weighted by molar-refractivity contribution is 0.275. The summed E-state index contributed by atoms with van der Waals surface area (Å²) in [5.41, 5.74) is 7.87. The van der Waals surface area contributed by atoms with E-state index in [4.69, 9.17) is 9.97 Å². The van der Waals surface area contributed by atoms with Crippen LogP contribution in [0.1, 0.15) is 6.92 Å². The van der Waals surface area contributed by atoms with E-state index in [0.717, 1.165) is 75.5 Å². The van der Waals surface area contributed by atoms with Crippen LogP contribution in [0.4, 0.5) is 5.69 Å². The van der Waals surface area contributed by atoms with E-state index in [-0.39, 0.29) is 0 Å². The molecule has 3 N–H and O–H groups in total. The third-order valence-electron chi connectivity index (χ3n) is 7.09. The zero-order valence-electron chi connectivity index (χ0n) is 19.7. The van der Waals surface area contributed by atoms with Crippen molar-refractivity contribution in [1.29, 1.82) is 0 Å². The molecule has 1 fully saturated rings.